The van der Waals surface area contributed by atoms with Crippen LogP contribution in [0.5, 0.6) is 17.2 Å². The second-order valence-electron chi connectivity index (χ2n) is 4.80. The Balaban J connectivity index is 1.92. The van der Waals surface area contributed by atoms with Crippen molar-refractivity contribution in [3.05, 3.63) is 53.3 Å². The van der Waals surface area contributed by atoms with E-state index in [1.165, 1.54) is 7.11 Å². The Labute approximate surface area is 116 Å². The zero-order valence-corrected chi connectivity index (χ0v) is 11.1. The molecule has 0 spiro atoms. The van der Waals surface area contributed by atoms with Crippen LogP contribution in [0.4, 0.5) is 4.39 Å². The second-order valence-corrected chi connectivity index (χ2v) is 4.80. The molecule has 104 valence electrons. The van der Waals surface area contributed by atoms with Crippen LogP contribution in [0.3, 0.4) is 0 Å². The lowest BCUT2D eigenvalue weighted by Gasteiger charge is -2.27. The summed E-state index contributed by atoms with van der Waals surface area (Å²) in [5.74, 6) is 0.768. The summed E-state index contributed by atoms with van der Waals surface area (Å²) in [5, 5.41) is 9.45. The molecular formula is C16H15FO3. The van der Waals surface area contributed by atoms with Gasteiger partial charge in [0.15, 0.2) is 11.6 Å². The fraction of sp³-hybridized carbons (Fsp3) is 0.250. The third kappa shape index (κ3) is 2.18. The van der Waals surface area contributed by atoms with Crippen LogP contribution in [-0.4, -0.2) is 12.2 Å². The summed E-state index contributed by atoms with van der Waals surface area (Å²) in [4.78, 5) is 0. The standard InChI is InChI=1S/C16H15FO3/c1-19-15-4-2-3-12(16(15)17)14-7-5-10-9-11(18)6-8-13(10)20-14/h2-4,6,8-9,14,18H,5,7H2,1H3. The number of benzene rings is 2. The van der Waals surface area contributed by atoms with Crippen molar-refractivity contribution in [3.63, 3.8) is 0 Å². The molecule has 0 aliphatic carbocycles. The number of phenols is 1. The van der Waals surface area contributed by atoms with Crippen molar-refractivity contribution in [1.82, 2.24) is 0 Å². The Bertz CT molecular complexity index is 640. The highest BCUT2D eigenvalue weighted by Gasteiger charge is 2.25. The molecule has 3 nitrogen and oxygen atoms in total. The number of methoxy groups -OCH3 is 1. The Morgan fingerprint density at radius 2 is 2.15 bits per heavy atom. The Morgan fingerprint density at radius 3 is 2.95 bits per heavy atom. The van der Waals surface area contributed by atoms with Gasteiger partial charge in [0.1, 0.15) is 17.6 Å². The van der Waals surface area contributed by atoms with Crippen LogP contribution in [0, 0.1) is 5.82 Å². The molecule has 1 atom stereocenters. The van der Waals surface area contributed by atoms with E-state index >= 15 is 0 Å². The summed E-state index contributed by atoms with van der Waals surface area (Å²) in [6, 6.07) is 10.0. The minimum Gasteiger partial charge on any atom is -0.508 e. The molecule has 0 saturated carbocycles. The summed E-state index contributed by atoms with van der Waals surface area (Å²) in [6.07, 6.45) is 1.08. The molecule has 1 aliphatic rings. The fourth-order valence-corrected chi connectivity index (χ4v) is 2.53. The van der Waals surface area contributed by atoms with Gasteiger partial charge in [-0.3, -0.25) is 0 Å². The van der Waals surface area contributed by atoms with Crippen molar-refractivity contribution < 1.29 is 19.0 Å². The molecule has 2 aromatic rings. The first kappa shape index (κ1) is 12.8. The molecule has 1 heterocycles. The third-order valence-electron chi connectivity index (χ3n) is 3.55. The van der Waals surface area contributed by atoms with Crippen LogP contribution in [-0.2, 0) is 6.42 Å². The zero-order chi connectivity index (χ0) is 14.1. The zero-order valence-electron chi connectivity index (χ0n) is 11.1. The molecule has 0 amide bonds. The number of hydrogen-bond donors (Lipinski definition) is 1. The van der Waals surface area contributed by atoms with Crippen molar-refractivity contribution in [2.75, 3.05) is 7.11 Å². The van der Waals surface area contributed by atoms with Gasteiger partial charge in [0, 0.05) is 5.56 Å². The average Bonchev–Trinajstić information content (AvgIpc) is 2.47. The fourth-order valence-electron chi connectivity index (χ4n) is 2.53. The maximum absolute atomic E-state index is 14.3. The van der Waals surface area contributed by atoms with Crippen LogP contribution in [0.2, 0.25) is 0 Å². The van der Waals surface area contributed by atoms with Gasteiger partial charge in [0.2, 0.25) is 0 Å². The van der Waals surface area contributed by atoms with E-state index in [0.717, 1.165) is 12.0 Å². The number of aryl methyl sites for hydroxylation is 1. The van der Waals surface area contributed by atoms with Gasteiger partial charge < -0.3 is 14.6 Å². The molecule has 0 aromatic heterocycles. The molecular weight excluding hydrogens is 259 g/mol. The highest BCUT2D eigenvalue weighted by atomic mass is 19.1. The molecule has 0 bridgehead atoms. The van der Waals surface area contributed by atoms with Crippen molar-refractivity contribution >= 4 is 0 Å². The van der Waals surface area contributed by atoms with Gasteiger partial charge in [-0.15, -0.1) is 0 Å². The summed E-state index contributed by atoms with van der Waals surface area (Å²) < 4.78 is 25.1. The van der Waals surface area contributed by atoms with Gasteiger partial charge in [-0.25, -0.2) is 4.39 Å². The van der Waals surface area contributed by atoms with Gasteiger partial charge in [-0.2, -0.15) is 0 Å². The molecule has 20 heavy (non-hydrogen) atoms. The van der Waals surface area contributed by atoms with Crippen molar-refractivity contribution in [2.45, 2.75) is 18.9 Å². The quantitative estimate of drug-likeness (QED) is 0.909. The number of rotatable bonds is 2. The van der Waals surface area contributed by atoms with Gasteiger partial charge in [0.25, 0.3) is 0 Å². The molecule has 3 rings (SSSR count). The smallest absolute Gasteiger partial charge is 0.171 e. The van der Waals surface area contributed by atoms with Crippen LogP contribution in [0.15, 0.2) is 36.4 Å². The summed E-state index contributed by atoms with van der Waals surface area (Å²) in [6.45, 7) is 0. The number of aromatic hydroxyl groups is 1. The first-order valence-electron chi connectivity index (χ1n) is 6.50. The van der Waals surface area contributed by atoms with Crippen molar-refractivity contribution in [3.8, 4) is 17.2 Å². The molecule has 4 heteroatoms. The molecule has 1 unspecified atom stereocenters. The number of ether oxygens (including phenoxy) is 2. The van der Waals surface area contributed by atoms with E-state index in [1.54, 1.807) is 36.4 Å². The SMILES string of the molecule is COc1cccc(C2CCc3cc(O)ccc3O2)c1F. The van der Waals surface area contributed by atoms with Crippen LogP contribution in [0.25, 0.3) is 0 Å². The van der Waals surface area contributed by atoms with E-state index in [4.69, 9.17) is 9.47 Å². The molecule has 0 radical (unpaired) electrons. The number of phenolic OH excluding ortho intramolecular Hbond substituents is 1. The highest BCUT2D eigenvalue weighted by Crippen LogP contribution is 2.38. The minimum atomic E-state index is -0.373. The maximum atomic E-state index is 14.3. The summed E-state index contributed by atoms with van der Waals surface area (Å²) in [7, 11) is 1.45. The van der Waals surface area contributed by atoms with Crippen LogP contribution in [0.1, 0.15) is 23.7 Å². The Morgan fingerprint density at radius 1 is 1.30 bits per heavy atom. The number of halogens is 1. The van der Waals surface area contributed by atoms with Gasteiger partial charge >= 0.3 is 0 Å². The summed E-state index contributed by atoms with van der Waals surface area (Å²) in [5.41, 5.74) is 1.45. The van der Waals surface area contributed by atoms with Gasteiger partial charge in [-0.05, 0) is 42.7 Å². The second kappa shape index (κ2) is 5.04. The van der Waals surface area contributed by atoms with Crippen LogP contribution < -0.4 is 9.47 Å². The van der Waals surface area contributed by atoms with E-state index in [9.17, 15) is 9.50 Å². The van der Waals surface area contributed by atoms with Crippen LogP contribution >= 0.6 is 0 Å². The monoisotopic (exact) mass is 274 g/mol. The lowest BCUT2D eigenvalue weighted by atomic mass is 9.97. The normalized spacial score (nSPS) is 17.2. The van der Waals surface area contributed by atoms with E-state index in [2.05, 4.69) is 0 Å². The highest BCUT2D eigenvalue weighted by molar-refractivity contribution is 5.42. The topological polar surface area (TPSA) is 38.7 Å². The number of hydrogen-bond acceptors (Lipinski definition) is 3. The maximum Gasteiger partial charge on any atom is 0.171 e. The summed E-state index contributed by atoms with van der Waals surface area (Å²) >= 11 is 0. The minimum absolute atomic E-state index is 0.221. The first-order valence-corrected chi connectivity index (χ1v) is 6.50. The predicted molar refractivity (Wildman–Crippen MR) is 72.7 cm³/mol. The number of fused-ring (bicyclic) bond motifs is 1. The molecule has 2 aromatic carbocycles. The molecule has 1 N–H and O–H groups in total. The van der Waals surface area contributed by atoms with Crippen molar-refractivity contribution in [2.24, 2.45) is 0 Å². The van der Waals surface area contributed by atoms with Gasteiger partial charge in [0.05, 0.1) is 7.11 Å². The van der Waals surface area contributed by atoms with E-state index in [0.29, 0.717) is 17.7 Å². The molecule has 0 fully saturated rings. The Hall–Kier alpha value is -2.23. The lowest BCUT2D eigenvalue weighted by Crippen LogP contribution is -2.16. The lowest BCUT2D eigenvalue weighted by molar-refractivity contribution is 0.170. The Kier molecular flexibility index (Phi) is 3.22. The van der Waals surface area contributed by atoms with E-state index in [1.807, 2.05) is 0 Å². The average molecular weight is 274 g/mol. The largest absolute Gasteiger partial charge is 0.508 e. The van der Waals surface area contributed by atoms with Gasteiger partial charge in [-0.1, -0.05) is 12.1 Å². The first-order chi connectivity index (χ1) is 9.69. The third-order valence-corrected chi connectivity index (χ3v) is 3.55. The van der Waals surface area contributed by atoms with Crippen molar-refractivity contribution in [1.29, 1.82) is 0 Å². The molecule has 0 saturated heterocycles. The van der Waals surface area contributed by atoms with E-state index in [-0.39, 0.29) is 23.4 Å². The molecule has 1 aliphatic heterocycles. The van der Waals surface area contributed by atoms with E-state index < -0.39 is 0 Å². The predicted octanol–water partition coefficient (Wildman–Crippen LogP) is 3.61.